The molecule has 0 spiro atoms. The number of hydrogen-bond donors (Lipinski definition) is 0. The van der Waals surface area contributed by atoms with Crippen molar-refractivity contribution in [3.05, 3.63) is 35.6 Å². The standard InChI is InChI=1S/C18H25FN2O2/c1-2-3-7-17(22)20-10-12-21(13-11-20)18(23)9-8-15-5-4-6-16(19)14-15/h4-6,14H,2-3,7-13H2,1H3. The number of aryl methyl sites for hydroxylation is 1. The zero-order chi connectivity index (χ0) is 16.7. The van der Waals surface area contributed by atoms with Crippen LogP contribution < -0.4 is 0 Å². The van der Waals surface area contributed by atoms with Gasteiger partial charge in [0.1, 0.15) is 5.82 Å². The molecule has 1 heterocycles. The molecule has 2 amide bonds. The van der Waals surface area contributed by atoms with Crippen molar-refractivity contribution in [2.24, 2.45) is 0 Å². The molecular weight excluding hydrogens is 295 g/mol. The maximum absolute atomic E-state index is 13.1. The van der Waals surface area contributed by atoms with E-state index in [9.17, 15) is 14.0 Å². The molecule has 1 aliphatic rings. The van der Waals surface area contributed by atoms with E-state index in [1.54, 1.807) is 6.07 Å². The Morgan fingerprint density at radius 2 is 1.65 bits per heavy atom. The Kier molecular flexibility index (Phi) is 6.56. The number of halogens is 1. The van der Waals surface area contributed by atoms with Gasteiger partial charge in [0, 0.05) is 39.0 Å². The van der Waals surface area contributed by atoms with Gasteiger partial charge < -0.3 is 9.80 Å². The highest BCUT2D eigenvalue weighted by atomic mass is 19.1. The number of benzene rings is 1. The molecule has 2 rings (SSSR count). The minimum absolute atomic E-state index is 0.0786. The lowest BCUT2D eigenvalue weighted by Crippen LogP contribution is -2.50. The first kappa shape index (κ1) is 17.4. The van der Waals surface area contributed by atoms with Crippen LogP contribution in [0.3, 0.4) is 0 Å². The Morgan fingerprint density at radius 1 is 1.04 bits per heavy atom. The highest BCUT2D eigenvalue weighted by Gasteiger charge is 2.23. The maximum Gasteiger partial charge on any atom is 0.223 e. The average molecular weight is 320 g/mol. The van der Waals surface area contributed by atoms with Crippen LogP contribution in [-0.4, -0.2) is 47.8 Å². The molecule has 0 atom stereocenters. The predicted molar refractivity (Wildman–Crippen MR) is 87.4 cm³/mol. The van der Waals surface area contributed by atoms with Crippen molar-refractivity contribution in [2.75, 3.05) is 26.2 Å². The molecule has 0 saturated carbocycles. The van der Waals surface area contributed by atoms with Crippen molar-refractivity contribution in [2.45, 2.75) is 39.0 Å². The van der Waals surface area contributed by atoms with Crippen LogP contribution in [0.5, 0.6) is 0 Å². The van der Waals surface area contributed by atoms with E-state index in [1.807, 2.05) is 15.9 Å². The minimum Gasteiger partial charge on any atom is -0.339 e. The van der Waals surface area contributed by atoms with E-state index < -0.39 is 0 Å². The number of hydrogen-bond acceptors (Lipinski definition) is 2. The number of piperazine rings is 1. The third-order valence-corrected chi connectivity index (χ3v) is 4.25. The second-order valence-electron chi connectivity index (χ2n) is 6.00. The molecule has 4 nitrogen and oxygen atoms in total. The molecule has 0 N–H and O–H groups in total. The van der Waals surface area contributed by atoms with E-state index in [0.29, 0.717) is 45.4 Å². The molecule has 1 fully saturated rings. The largest absolute Gasteiger partial charge is 0.339 e. The quantitative estimate of drug-likeness (QED) is 0.808. The lowest BCUT2D eigenvalue weighted by molar-refractivity contribution is -0.139. The molecule has 0 bridgehead atoms. The van der Waals surface area contributed by atoms with E-state index in [4.69, 9.17) is 0 Å². The van der Waals surface area contributed by atoms with Gasteiger partial charge in [-0.2, -0.15) is 0 Å². The molecule has 1 saturated heterocycles. The number of rotatable bonds is 6. The highest BCUT2D eigenvalue weighted by molar-refractivity contribution is 5.78. The van der Waals surface area contributed by atoms with E-state index in [2.05, 4.69) is 6.92 Å². The second kappa shape index (κ2) is 8.65. The molecule has 0 radical (unpaired) electrons. The first-order chi connectivity index (χ1) is 11.1. The van der Waals surface area contributed by atoms with Crippen LogP contribution in [0.25, 0.3) is 0 Å². The summed E-state index contributed by atoms with van der Waals surface area (Å²) >= 11 is 0. The van der Waals surface area contributed by atoms with Crippen LogP contribution in [0.2, 0.25) is 0 Å². The summed E-state index contributed by atoms with van der Waals surface area (Å²) in [5.41, 5.74) is 0.840. The number of nitrogens with zero attached hydrogens (tertiary/aromatic N) is 2. The smallest absolute Gasteiger partial charge is 0.223 e. The molecule has 1 aromatic carbocycles. The lowest BCUT2D eigenvalue weighted by atomic mass is 10.1. The van der Waals surface area contributed by atoms with Crippen molar-refractivity contribution in [1.82, 2.24) is 9.80 Å². The van der Waals surface area contributed by atoms with Crippen molar-refractivity contribution in [1.29, 1.82) is 0 Å². The van der Waals surface area contributed by atoms with Crippen LogP contribution in [-0.2, 0) is 16.0 Å². The van der Waals surface area contributed by atoms with Crippen molar-refractivity contribution in [3.63, 3.8) is 0 Å². The summed E-state index contributed by atoms with van der Waals surface area (Å²) in [4.78, 5) is 27.9. The number of amides is 2. The summed E-state index contributed by atoms with van der Waals surface area (Å²) in [7, 11) is 0. The van der Waals surface area contributed by atoms with Crippen LogP contribution in [0.15, 0.2) is 24.3 Å². The Bertz CT molecular complexity index is 540. The lowest BCUT2D eigenvalue weighted by Gasteiger charge is -2.35. The number of carbonyl (C=O) groups is 2. The van der Waals surface area contributed by atoms with Crippen molar-refractivity contribution in [3.8, 4) is 0 Å². The topological polar surface area (TPSA) is 40.6 Å². The Labute approximate surface area is 137 Å². The zero-order valence-electron chi connectivity index (χ0n) is 13.8. The van der Waals surface area contributed by atoms with Crippen LogP contribution in [0.1, 0.15) is 38.2 Å². The van der Waals surface area contributed by atoms with Gasteiger partial charge >= 0.3 is 0 Å². The van der Waals surface area contributed by atoms with Gasteiger partial charge in [-0.05, 0) is 30.5 Å². The second-order valence-corrected chi connectivity index (χ2v) is 6.00. The Morgan fingerprint density at radius 3 is 2.22 bits per heavy atom. The van der Waals surface area contributed by atoms with Gasteiger partial charge in [0.2, 0.25) is 11.8 Å². The SMILES string of the molecule is CCCCC(=O)N1CCN(C(=O)CCc2cccc(F)c2)CC1. The predicted octanol–water partition coefficient (Wildman–Crippen LogP) is 2.62. The van der Waals surface area contributed by atoms with Crippen molar-refractivity contribution >= 4 is 11.8 Å². The monoisotopic (exact) mass is 320 g/mol. The van der Waals surface area contributed by atoms with Gasteiger partial charge in [0.25, 0.3) is 0 Å². The maximum atomic E-state index is 13.1. The van der Waals surface area contributed by atoms with E-state index >= 15 is 0 Å². The summed E-state index contributed by atoms with van der Waals surface area (Å²) in [6, 6.07) is 6.37. The van der Waals surface area contributed by atoms with Gasteiger partial charge in [0.05, 0.1) is 0 Å². The van der Waals surface area contributed by atoms with Crippen LogP contribution >= 0.6 is 0 Å². The summed E-state index contributed by atoms with van der Waals surface area (Å²) in [6.07, 6.45) is 3.47. The molecule has 0 aliphatic carbocycles. The molecule has 1 aromatic rings. The summed E-state index contributed by atoms with van der Waals surface area (Å²) in [5, 5.41) is 0. The Hall–Kier alpha value is -1.91. The first-order valence-corrected chi connectivity index (χ1v) is 8.40. The van der Waals surface area contributed by atoms with E-state index in [-0.39, 0.29) is 17.6 Å². The molecular formula is C18H25FN2O2. The van der Waals surface area contributed by atoms with Crippen LogP contribution in [0.4, 0.5) is 4.39 Å². The summed E-state index contributed by atoms with van der Waals surface area (Å²) in [6.45, 7) is 4.50. The molecule has 1 aliphatic heterocycles. The van der Waals surface area contributed by atoms with Gasteiger partial charge in [-0.1, -0.05) is 25.5 Å². The van der Waals surface area contributed by atoms with Gasteiger partial charge in [-0.15, -0.1) is 0 Å². The summed E-state index contributed by atoms with van der Waals surface area (Å²) < 4.78 is 13.1. The molecule has 0 unspecified atom stereocenters. The van der Waals surface area contributed by atoms with Gasteiger partial charge in [0.15, 0.2) is 0 Å². The third-order valence-electron chi connectivity index (χ3n) is 4.25. The van der Waals surface area contributed by atoms with Crippen molar-refractivity contribution < 1.29 is 14.0 Å². The highest BCUT2D eigenvalue weighted by Crippen LogP contribution is 2.10. The molecule has 5 heteroatoms. The molecule has 0 aromatic heterocycles. The fourth-order valence-electron chi connectivity index (χ4n) is 2.79. The van der Waals surface area contributed by atoms with Gasteiger partial charge in [-0.3, -0.25) is 9.59 Å². The third kappa shape index (κ3) is 5.34. The van der Waals surface area contributed by atoms with E-state index in [0.717, 1.165) is 18.4 Å². The molecule has 23 heavy (non-hydrogen) atoms. The number of carbonyl (C=O) groups excluding carboxylic acids is 2. The average Bonchev–Trinajstić information content (AvgIpc) is 2.57. The van der Waals surface area contributed by atoms with Crippen LogP contribution in [0, 0.1) is 5.82 Å². The zero-order valence-corrected chi connectivity index (χ0v) is 13.8. The first-order valence-electron chi connectivity index (χ1n) is 8.40. The Balaban J connectivity index is 1.74. The molecule has 126 valence electrons. The fraction of sp³-hybridized carbons (Fsp3) is 0.556. The van der Waals surface area contributed by atoms with E-state index in [1.165, 1.54) is 12.1 Å². The normalized spacial score (nSPS) is 14.9. The van der Waals surface area contributed by atoms with Gasteiger partial charge in [-0.25, -0.2) is 4.39 Å². The fourth-order valence-corrected chi connectivity index (χ4v) is 2.79. The summed E-state index contributed by atoms with van der Waals surface area (Å²) in [5.74, 6) is 0.00258. The number of unbranched alkanes of at least 4 members (excludes halogenated alkanes) is 1. The minimum atomic E-state index is -0.269.